The van der Waals surface area contributed by atoms with Crippen LogP contribution < -0.4 is 43.9 Å². The number of nitrogens with two attached hydrogens (primary N) is 3. The molecule has 0 saturated heterocycles. The molecule has 1 aromatic carbocycles. The van der Waals surface area contributed by atoms with E-state index in [0.717, 1.165) is 12.5 Å². The Kier molecular flexibility index (Phi) is 22.2. The normalized spacial score (nSPS) is 15.5. The van der Waals surface area contributed by atoms with Crippen LogP contribution in [0, 0.1) is 0 Å². The highest BCUT2D eigenvalue weighted by molar-refractivity contribution is 5.96. The molecule has 8 atom stereocenters. The lowest BCUT2D eigenvalue weighted by Gasteiger charge is -2.32. The molecule has 17 N–H and O–H groups in total. The molecule has 0 bridgehead atoms. The molecule has 0 aliphatic heterocycles. The number of aliphatic carboxylic acids is 2. The molecule has 22 nitrogen and oxygen atoms in total. The van der Waals surface area contributed by atoms with E-state index in [9.17, 15) is 54.0 Å². The minimum Gasteiger partial charge on any atom is -0.481 e. The highest BCUT2D eigenvalue weighted by Crippen LogP contribution is 2.10. The van der Waals surface area contributed by atoms with Gasteiger partial charge in [0.25, 0.3) is 5.91 Å². The van der Waals surface area contributed by atoms with Crippen LogP contribution in [0.4, 0.5) is 0 Å². The number of nitrogens with zero attached hydrogens (tertiary/aromatic N) is 1. The lowest BCUT2D eigenvalue weighted by molar-refractivity contribution is -0.149. The first-order valence-electron chi connectivity index (χ1n) is 17.5. The molecule has 1 unspecified atom stereocenters. The Hall–Kier alpha value is -4.81. The topological polar surface area (TPSA) is 382 Å². The number of hydrazine groups is 1. The first-order chi connectivity index (χ1) is 26.0. The molecule has 0 radical (unpaired) electrons. The van der Waals surface area contributed by atoms with Crippen LogP contribution in [-0.2, 0) is 40.0 Å². The third kappa shape index (κ3) is 17.0. The summed E-state index contributed by atoms with van der Waals surface area (Å²) in [5.41, 5.74) is 11.8. The summed E-state index contributed by atoms with van der Waals surface area (Å²) in [4.78, 5) is 88.6. The molecular weight excluding hydrogens is 730 g/mol. The number of hydrogen-bond acceptors (Lipinski definition) is 15. The molecule has 22 heteroatoms. The number of nitrogens with one attached hydrogen (secondary N) is 5. The summed E-state index contributed by atoms with van der Waals surface area (Å²) in [6.07, 6.45) is -2.01. The number of benzene rings is 1. The van der Waals surface area contributed by atoms with Crippen molar-refractivity contribution in [2.75, 3.05) is 32.9 Å². The van der Waals surface area contributed by atoms with Crippen molar-refractivity contribution in [1.82, 2.24) is 31.6 Å². The molecule has 55 heavy (non-hydrogen) atoms. The van der Waals surface area contributed by atoms with Crippen LogP contribution in [0.5, 0.6) is 0 Å². The van der Waals surface area contributed by atoms with E-state index in [0.29, 0.717) is 12.8 Å². The van der Waals surface area contributed by atoms with Crippen molar-refractivity contribution in [3.05, 3.63) is 35.9 Å². The van der Waals surface area contributed by atoms with Gasteiger partial charge >= 0.3 is 11.9 Å². The number of carboxylic acids is 2. The molecule has 310 valence electrons. The zero-order valence-electron chi connectivity index (χ0n) is 30.5. The second-order valence-corrected chi connectivity index (χ2v) is 12.7. The van der Waals surface area contributed by atoms with Crippen LogP contribution in [0.25, 0.3) is 0 Å². The molecular formula is C33H55N9O13. The molecule has 1 aromatic rings. The third-order valence-corrected chi connectivity index (χ3v) is 8.23. The van der Waals surface area contributed by atoms with E-state index in [4.69, 9.17) is 27.5 Å². The number of aliphatic hydroxyl groups is 4. The maximum absolute atomic E-state index is 13.4. The van der Waals surface area contributed by atoms with Crippen molar-refractivity contribution >= 4 is 41.5 Å². The fourth-order valence-electron chi connectivity index (χ4n) is 5.11. The summed E-state index contributed by atoms with van der Waals surface area (Å²) in [6, 6.07) is -1.52. The average Bonchev–Trinajstić information content (AvgIpc) is 3.15. The van der Waals surface area contributed by atoms with Gasteiger partial charge in [0.05, 0.1) is 32.0 Å². The van der Waals surface area contributed by atoms with Gasteiger partial charge in [-0.25, -0.2) is 5.84 Å². The van der Waals surface area contributed by atoms with Crippen molar-refractivity contribution in [3.63, 3.8) is 0 Å². The quantitative estimate of drug-likeness (QED) is 0.0171. The molecule has 0 spiro atoms. The highest BCUT2D eigenvalue weighted by Gasteiger charge is 2.38. The maximum atomic E-state index is 13.4. The lowest BCUT2D eigenvalue weighted by Crippen LogP contribution is -2.65. The summed E-state index contributed by atoms with van der Waals surface area (Å²) in [5, 5.41) is 70.6. The van der Waals surface area contributed by atoms with Gasteiger partial charge in [0.1, 0.15) is 30.2 Å². The molecule has 1 rings (SSSR count). The number of carbonyl (C=O) groups excluding carboxylic acids is 5. The van der Waals surface area contributed by atoms with Gasteiger partial charge in [-0.3, -0.25) is 38.6 Å². The standard InChI is InChI=1S/C33H55N9O13/c1-18(46)27(42(36)32(53)23(10-11-26(47)48)40-28(49)21(35)16-44)31(52)41-25(17-45)30(51)39-22(9-5-6-12-34)29(50)38-20(15-43)14-37-24(33(54)55)13-19-7-3-2-4-8-19/h2-4,7-8,18,20-25,27,37,43-46H,5-6,9-17,34-36H2,1H3,(H,38,50)(H,39,51)(H,40,49)(H,41,52)(H,47,48)(H,54,55)/t18?,20-,21+,22+,23+,24+,25+,27+/m1/s1. The van der Waals surface area contributed by atoms with Gasteiger partial charge in [-0.1, -0.05) is 30.3 Å². The fraction of sp³-hybridized carbons (Fsp3) is 0.606. The van der Waals surface area contributed by atoms with E-state index in [-0.39, 0.29) is 30.9 Å². The van der Waals surface area contributed by atoms with Crippen molar-refractivity contribution in [3.8, 4) is 0 Å². The van der Waals surface area contributed by atoms with Gasteiger partial charge in [-0.15, -0.1) is 0 Å². The van der Waals surface area contributed by atoms with Gasteiger partial charge in [-0.2, -0.15) is 0 Å². The van der Waals surface area contributed by atoms with Crippen molar-refractivity contribution < 1.29 is 64.2 Å². The SMILES string of the molecule is CC(O)[C@@H](C(=O)N[C@@H](CO)C(=O)N[C@@H](CCCCN)C(=O)N[C@@H](CO)CN[C@@H](Cc1ccccc1)C(=O)O)N(N)C(=O)[C@H](CCC(=O)O)NC(=O)[C@@H](N)CO. The van der Waals surface area contributed by atoms with E-state index >= 15 is 0 Å². The number of carboxylic acid groups (broad SMARTS) is 2. The Bertz CT molecular complexity index is 1410. The summed E-state index contributed by atoms with van der Waals surface area (Å²) < 4.78 is 0. The molecule has 5 amide bonds. The van der Waals surface area contributed by atoms with Crippen LogP contribution in [0.2, 0.25) is 0 Å². The van der Waals surface area contributed by atoms with Crippen LogP contribution >= 0.6 is 0 Å². The number of amides is 5. The molecule has 0 aromatic heterocycles. The van der Waals surface area contributed by atoms with E-state index in [1.165, 1.54) is 0 Å². The second kappa shape index (κ2) is 25.3. The van der Waals surface area contributed by atoms with Crippen molar-refractivity contribution in [2.24, 2.45) is 17.3 Å². The Morgan fingerprint density at radius 3 is 1.87 bits per heavy atom. The van der Waals surface area contributed by atoms with E-state index < -0.39 is 123 Å². The number of aliphatic hydroxyl groups excluding tert-OH is 4. The van der Waals surface area contributed by atoms with Crippen molar-refractivity contribution in [1.29, 1.82) is 0 Å². The Balaban J connectivity index is 3.12. The molecule has 0 aliphatic carbocycles. The molecule has 0 saturated carbocycles. The number of rotatable bonds is 27. The third-order valence-electron chi connectivity index (χ3n) is 8.23. The Morgan fingerprint density at radius 2 is 1.35 bits per heavy atom. The van der Waals surface area contributed by atoms with Gasteiger partial charge < -0.3 is 68.7 Å². The first kappa shape index (κ1) is 48.2. The minimum atomic E-state index is -1.97. The summed E-state index contributed by atoms with van der Waals surface area (Å²) in [7, 11) is 0. The summed E-state index contributed by atoms with van der Waals surface area (Å²) in [5.74, 6) is -2.06. The largest absolute Gasteiger partial charge is 0.481 e. The molecule has 0 aliphatic rings. The minimum absolute atomic E-state index is 0.0168. The fourth-order valence-corrected chi connectivity index (χ4v) is 5.11. The van der Waals surface area contributed by atoms with Gasteiger partial charge in [0.2, 0.25) is 23.6 Å². The van der Waals surface area contributed by atoms with Crippen LogP contribution in [0.15, 0.2) is 30.3 Å². The average molecular weight is 786 g/mol. The van der Waals surface area contributed by atoms with Gasteiger partial charge in [0, 0.05) is 13.0 Å². The van der Waals surface area contributed by atoms with Crippen molar-refractivity contribution in [2.45, 2.75) is 93.8 Å². The number of carbonyl (C=O) groups is 7. The molecule has 0 heterocycles. The van der Waals surface area contributed by atoms with Gasteiger partial charge in [0.15, 0.2) is 6.04 Å². The second-order valence-electron chi connectivity index (χ2n) is 12.7. The monoisotopic (exact) mass is 785 g/mol. The molecule has 0 fully saturated rings. The zero-order chi connectivity index (χ0) is 41.7. The lowest BCUT2D eigenvalue weighted by atomic mass is 10.1. The summed E-state index contributed by atoms with van der Waals surface area (Å²) in [6.45, 7) is -1.34. The Labute approximate surface area is 317 Å². The van der Waals surface area contributed by atoms with Crippen LogP contribution in [0.1, 0.15) is 44.6 Å². The number of hydrogen-bond donors (Lipinski definition) is 14. The van der Waals surface area contributed by atoms with Crippen LogP contribution in [-0.4, -0.2) is 158 Å². The maximum Gasteiger partial charge on any atom is 0.321 e. The predicted octanol–water partition coefficient (Wildman–Crippen LogP) is -6.04. The number of unbranched alkanes of at least 4 members (excludes halogenated alkanes) is 1. The first-order valence-corrected chi connectivity index (χ1v) is 17.5. The predicted molar refractivity (Wildman–Crippen MR) is 193 cm³/mol. The Morgan fingerprint density at radius 1 is 0.745 bits per heavy atom. The van der Waals surface area contributed by atoms with Crippen LogP contribution in [0.3, 0.4) is 0 Å². The summed E-state index contributed by atoms with van der Waals surface area (Å²) >= 11 is 0. The highest BCUT2D eigenvalue weighted by atomic mass is 16.4. The van der Waals surface area contributed by atoms with E-state index in [1.807, 2.05) is 0 Å². The zero-order valence-corrected chi connectivity index (χ0v) is 30.5. The van der Waals surface area contributed by atoms with Gasteiger partial charge in [-0.05, 0) is 51.1 Å². The smallest absolute Gasteiger partial charge is 0.321 e. The van der Waals surface area contributed by atoms with E-state index in [1.54, 1.807) is 30.3 Å². The van der Waals surface area contributed by atoms with E-state index in [2.05, 4.69) is 26.6 Å².